The van der Waals surface area contributed by atoms with E-state index < -0.39 is 5.54 Å². The highest BCUT2D eigenvalue weighted by Crippen LogP contribution is 2.18. The van der Waals surface area contributed by atoms with Gasteiger partial charge in [0.2, 0.25) is 5.91 Å². The minimum absolute atomic E-state index is 0.0436. The average Bonchev–Trinajstić information content (AvgIpc) is 2.82. The fraction of sp³-hybridized carbons (Fsp3) is 0.615. The second-order valence-electron chi connectivity index (χ2n) is 4.27. The Bertz CT molecular complexity index is 369. The van der Waals surface area contributed by atoms with E-state index in [1.54, 1.807) is 11.3 Å². The van der Waals surface area contributed by atoms with Gasteiger partial charge in [-0.2, -0.15) is 0 Å². The van der Waals surface area contributed by atoms with Crippen molar-refractivity contribution in [1.82, 2.24) is 5.32 Å². The van der Waals surface area contributed by atoms with Crippen LogP contribution in [-0.2, 0) is 17.8 Å². The second-order valence-corrected chi connectivity index (χ2v) is 5.27. The topological polar surface area (TPSA) is 55.1 Å². The summed E-state index contributed by atoms with van der Waals surface area (Å²) in [6.45, 7) is 6.62. The average molecular weight is 254 g/mol. The summed E-state index contributed by atoms with van der Waals surface area (Å²) in [5, 5.41) is 5.01. The van der Waals surface area contributed by atoms with E-state index in [0.29, 0.717) is 19.4 Å². The Morgan fingerprint density at radius 1 is 1.41 bits per heavy atom. The van der Waals surface area contributed by atoms with E-state index in [2.05, 4.69) is 23.7 Å². The lowest BCUT2D eigenvalue weighted by molar-refractivity contribution is -0.126. The Labute approximate surface area is 107 Å². The van der Waals surface area contributed by atoms with Gasteiger partial charge in [0, 0.05) is 4.88 Å². The SMILES string of the molecule is CCc1ccsc1CNC(=O)C(N)(CC)CC. The third-order valence-corrected chi connectivity index (χ3v) is 4.31. The van der Waals surface area contributed by atoms with Crippen LogP contribution in [0, 0.1) is 0 Å². The van der Waals surface area contributed by atoms with E-state index in [1.165, 1.54) is 10.4 Å². The minimum atomic E-state index is -0.719. The molecule has 0 atom stereocenters. The largest absolute Gasteiger partial charge is 0.350 e. The molecule has 0 fully saturated rings. The van der Waals surface area contributed by atoms with Gasteiger partial charge in [0.1, 0.15) is 0 Å². The van der Waals surface area contributed by atoms with E-state index in [0.717, 1.165) is 6.42 Å². The maximum absolute atomic E-state index is 12.0. The predicted molar refractivity (Wildman–Crippen MR) is 73.0 cm³/mol. The predicted octanol–water partition coefficient (Wildman–Crippen LogP) is 2.44. The lowest BCUT2D eigenvalue weighted by atomic mass is 9.93. The van der Waals surface area contributed by atoms with E-state index in [1.807, 2.05) is 13.8 Å². The second kappa shape index (κ2) is 6.17. The van der Waals surface area contributed by atoms with E-state index in [9.17, 15) is 4.79 Å². The Morgan fingerprint density at radius 3 is 2.59 bits per heavy atom. The molecule has 1 amide bonds. The fourth-order valence-corrected chi connectivity index (χ4v) is 2.66. The quantitative estimate of drug-likeness (QED) is 0.819. The molecule has 0 aliphatic heterocycles. The van der Waals surface area contributed by atoms with E-state index in [-0.39, 0.29) is 5.91 Å². The van der Waals surface area contributed by atoms with Crippen molar-refractivity contribution in [3.63, 3.8) is 0 Å². The van der Waals surface area contributed by atoms with Crippen molar-refractivity contribution in [2.75, 3.05) is 0 Å². The molecule has 0 aliphatic rings. The van der Waals surface area contributed by atoms with Crippen molar-refractivity contribution in [3.8, 4) is 0 Å². The molecule has 1 heterocycles. The van der Waals surface area contributed by atoms with Crippen molar-refractivity contribution in [1.29, 1.82) is 0 Å². The smallest absolute Gasteiger partial charge is 0.240 e. The number of carbonyl (C=O) groups excluding carboxylic acids is 1. The molecule has 96 valence electrons. The van der Waals surface area contributed by atoms with Crippen LogP contribution in [0.25, 0.3) is 0 Å². The Kier molecular flexibility index (Phi) is 5.15. The number of hydrogen-bond donors (Lipinski definition) is 2. The number of rotatable bonds is 6. The van der Waals surface area contributed by atoms with Gasteiger partial charge in [0.15, 0.2) is 0 Å². The molecule has 1 aromatic heterocycles. The minimum Gasteiger partial charge on any atom is -0.350 e. The molecule has 0 radical (unpaired) electrons. The van der Waals surface area contributed by atoms with Crippen molar-refractivity contribution < 1.29 is 4.79 Å². The third kappa shape index (κ3) is 3.30. The van der Waals surface area contributed by atoms with Crippen LogP contribution in [0.1, 0.15) is 44.1 Å². The molecule has 0 unspecified atom stereocenters. The van der Waals surface area contributed by atoms with Crippen molar-refractivity contribution >= 4 is 17.2 Å². The maximum Gasteiger partial charge on any atom is 0.240 e. The van der Waals surface area contributed by atoms with E-state index in [4.69, 9.17) is 5.73 Å². The van der Waals surface area contributed by atoms with Gasteiger partial charge in [0.05, 0.1) is 12.1 Å². The van der Waals surface area contributed by atoms with Gasteiger partial charge in [-0.15, -0.1) is 11.3 Å². The number of nitrogens with two attached hydrogens (primary N) is 1. The molecular weight excluding hydrogens is 232 g/mol. The summed E-state index contributed by atoms with van der Waals surface area (Å²) in [7, 11) is 0. The molecule has 0 saturated carbocycles. The molecule has 0 bridgehead atoms. The molecular formula is C13H22N2OS. The first-order chi connectivity index (χ1) is 8.07. The van der Waals surface area contributed by atoms with Crippen molar-refractivity contribution in [2.24, 2.45) is 5.73 Å². The highest BCUT2D eigenvalue weighted by molar-refractivity contribution is 7.10. The number of hydrogen-bond acceptors (Lipinski definition) is 3. The van der Waals surface area contributed by atoms with Gasteiger partial charge < -0.3 is 11.1 Å². The number of thiophene rings is 1. The summed E-state index contributed by atoms with van der Waals surface area (Å²) in [5.41, 5.74) is 6.63. The van der Waals surface area contributed by atoms with Crippen LogP contribution in [0.3, 0.4) is 0 Å². The van der Waals surface area contributed by atoms with Crippen LogP contribution < -0.4 is 11.1 Å². The number of aryl methyl sites for hydroxylation is 1. The van der Waals surface area contributed by atoms with E-state index >= 15 is 0 Å². The normalized spacial score (nSPS) is 11.5. The van der Waals surface area contributed by atoms with Gasteiger partial charge in [0.25, 0.3) is 0 Å². The summed E-state index contributed by atoms with van der Waals surface area (Å²) in [6.07, 6.45) is 2.34. The lowest BCUT2D eigenvalue weighted by Crippen LogP contribution is -2.52. The highest BCUT2D eigenvalue weighted by atomic mass is 32.1. The van der Waals surface area contributed by atoms with Gasteiger partial charge in [-0.25, -0.2) is 0 Å². The zero-order valence-corrected chi connectivity index (χ0v) is 11.7. The van der Waals surface area contributed by atoms with Crippen LogP contribution in [0.5, 0.6) is 0 Å². The van der Waals surface area contributed by atoms with Crippen LogP contribution in [-0.4, -0.2) is 11.4 Å². The lowest BCUT2D eigenvalue weighted by Gasteiger charge is -2.25. The molecule has 3 nitrogen and oxygen atoms in total. The Balaban J connectivity index is 2.59. The summed E-state index contributed by atoms with van der Waals surface area (Å²) in [5.74, 6) is -0.0436. The first-order valence-electron chi connectivity index (χ1n) is 6.19. The summed E-state index contributed by atoms with van der Waals surface area (Å²) in [4.78, 5) is 13.2. The zero-order valence-electron chi connectivity index (χ0n) is 10.9. The maximum atomic E-state index is 12.0. The standard InChI is InChI=1S/C13H22N2OS/c1-4-10-7-8-17-11(10)9-15-12(16)13(14,5-2)6-3/h7-8H,4-6,9,14H2,1-3H3,(H,15,16). The molecule has 1 rings (SSSR count). The van der Waals surface area contributed by atoms with Crippen molar-refractivity contribution in [2.45, 2.75) is 52.1 Å². The molecule has 0 spiro atoms. The Hall–Kier alpha value is -0.870. The van der Waals surface area contributed by atoms with Gasteiger partial charge in [-0.05, 0) is 36.3 Å². The number of carbonyl (C=O) groups is 1. The van der Waals surface area contributed by atoms with Crippen LogP contribution >= 0.6 is 11.3 Å². The monoisotopic (exact) mass is 254 g/mol. The number of nitrogens with one attached hydrogen (secondary N) is 1. The van der Waals surface area contributed by atoms with Crippen LogP contribution in [0.4, 0.5) is 0 Å². The molecule has 1 aromatic rings. The number of amides is 1. The zero-order chi connectivity index (χ0) is 12.9. The molecule has 0 saturated heterocycles. The van der Waals surface area contributed by atoms with Crippen molar-refractivity contribution in [3.05, 3.63) is 21.9 Å². The fourth-order valence-electron chi connectivity index (χ4n) is 1.74. The molecule has 17 heavy (non-hydrogen) atoms. The highest BCUT2D eigenvalue weighted by Gasteiger charge is 2.29. The van der Waals surface area contributed by atoms with Gasteiger partial charge in [-0.3, -0.25) is 4.79 Å². The molecule has 0 aromatic carbocycles. The molecule has 3 N–H and O–H groups in total. The Morgan fingerprint density at radius 2 is 2.06 bits per heavy atom. The first kappa shape index (κ1) is 14.2. The third-order valence-electron chi connectivity index (χ3n) is 3.34. The summed E-state index contributed by atoms with van der Waals surface area (Å²) >= 11 is 1.69. The van der Waals surface area contributed by atoms with Gasteiger partial charge >= 0.3 is 0 Å². The summed E-state index contributed by atoms with van der Waals surface area (Å²) in [6, 6.07) is 2.11. The molecule has 0 aliphatic carbocycles. The van der Waals surface area contributed by atoms with Crippen LogP contribution in [0.15, 0.2) is 11.4 Å². The first-order valence-corrected chi connectivity index (χ1v) is 7.07. The molecule has 4 heteroatoms. The van der Waals surface area contributed by atoms with Gasteiger partial charge in [-0.1, -0.05) is 20.8 Å². The van der Waals surface area contributed by atoms with Crippen LogP contribution in [0.2, 0.25) is 0 Å². The summed E-state index contributed by atoms with van der Waals surface area (Å²) < 4.78 is 0.